The zero-order valence-corrected chi connectivity index (χ0v) is 8.29. The molecule has 0 bridgehead atoms. The quantitative estimate of drug-likeness (QED) is 0.758. The number of carboxylic acid groups (broad SMARTS) is 1. The molecule has 1 rings (SSSR count). The molecule has 1 aromatic carbocycles. The predicted molar refractivity (Wildman–Crippen MR) is 51.4 cm³/mol. The van der Waals surface area contributed by atoms with Crippen molar-refractivity contribution in [3.63, 3.8) is 0 Å². The summed E-state index contributed by atoms with van der Waals surface area (Å²) in [7, 11) is -4.78. The molecular weight excluding hydrogens is 225 g/mol. The van der Waals surface area contributed by atoms with Crippen molar-refractivity contribution in [3.05, 3.63) is 29.8 Å². The topological polar surface area (TPSA) is 83.5 Å². The van der Waals surface area contributed by atoms with Crippen LogP contribution in [0.3, 0.4) is 0 Å². The van der Waals surface area contributed by atoms with Crippen LogP contribution in [-0.2, 0) is 21.6 Å². The smallest absolute Gasteiger partial charge is 0.396 e. The van der Waals surface area contributed by atoms with Gasteiger partial charge < -0.3 is 5.11 Å². The lowest BCUT2D eigenvalue weighted by molar-refractivity contribution is -0.136. The third-order valence-electron chi connectivity index (χ3n) is 1.55. The van der Waals surface area contributed by atoms with E-state index in [0.717, 1.165) is 0 Å². The number of anilines is 1. The molecule has 5 nitrogen and oxygen atoms in total. The first kappa shape index (κ1) is 11.4. The summed E-state index contributed by atoms with van der Waals surface area (Å²) < 4.78 is 34.2. The van der Waals surface area contributed by atoms with Gasteiger partial charge in [0.2, 0.25) is 0 Å². The first-order valence-corrected chi connectivity index (χ1v) is 5.28. The molecule has 0 aliphatic rings. The molecule has 0 amide bonds. The highest BCUT2D eigenvalue weighted by atomic mass is 32.3. The van der Waals surface area contributed by atoms with Gasteiger partial charge in [-0.1, -0.05) is 16.0 Å². The molecule has 15 heavy (non-hydrogen) atoms. The molecule has 0 saturated carbocycles. The molecule has 0 unspecified atom stereocenters. The van der Waals surface area contributed by atoms with Crippen molar-refractivity contribution in [2.45, 2.75) is 6.42 Å². The second-order valence-corrected chi connectivity index (χ2v) is 3.89. The summed E-state index contributed by atoms with van der Waals surface area (Å²) in [5.41, 5.74) is 0.552. The Morgan fingerprint density at radius 1 is 1.33 bits per heavy atom. The summed E-state index contributed by atoms with van der Waals surface area (Å²) in [6.07, 6.45) is -0.164. The summed E-state index contributed by atoms with van der Waals surface area (Å²) in [4.78, 5) is 10.3. The van der Waals surface area contributed by atoms with E-state index < -0.39 is 16.4 Å². The molecule has 0 aliphatic heterocycles. The van der Waals surface area contributed by atoms with E-state index in [4.69, 9.17) is 5.11 Å². The molecule has 7 heteroatoms. The van der Waals surface area contributed by atoms with Crippen LogP contribution in [0, 0.1) is 0 Å². The van der Waals surface area contributed by atoms with Gasteiger partial charge in [-0.25, -0.2) is 0 Å². The van der Waals surface area contributed by atoms with Crippen LogP contribution >= 0.6 is 0 Å². The van der Waals surface area contributed by atoms with E-state index in [2.05, 4.69) is 0 Å². The zero-order valence-electron chi connectivity index (χ0n) is 7.47. The van der Waals surface area contributed by atoms with Crippen LogP contribution in [0.15, 0.2) is 24.3 Å². The molecule has 2 N–H and O–H groups in total. The maximum atomic E-state index is 12.2. The van der Waals surface area contributed by atoms with Gasteiger partial charge in [0.05, 0.1) is 12.1 Å². The van der Waals surface area contributed by atoms with Crippen LogP contribution in [0.25, 0.3) is 0 Å². The third kappa shape index (κ3) is 4.41. The van der Waals surface area contributed by atoms with E-state index in [1.807, 2.05) is 0 Å². The van der Waals surface area contributed by atoms with Gasteiger partial charge in [-0.3, -0.25) is 9.52 Å². The maximum Gasteiger partial charge on any atom is 0.396 e. The van der Waals surface area contributed by atoms with Crippen molar-refractivity contribution < 1.29 is 22.2 Å². The zero-order chi connectivity index (χ0) is 11.5. The van der Waals surface area contributed by atoms with Crippen molar-refractivity contribution >= 4 is 22.1 Å². The molecule has 0 heterocycles. The molecule has 0 fully saturated rings. The lowest BCUT2D eigenvalue weighted by atomic mass is 10.1. The first-order chi connectivity index (χ1) is 6.87. The summed E-state index contributed by atoms with van der Waals surface area (Å²) in [5.74, 6) is -0.992. The van der Waals surface area contributed by atoms with Gasteiger partial charge in [0.1, 0.15) is 0 Å². The normalized spacial score (nSPS) is 11.0. The molecule has 82 valence electrons. The Bertz CT molecular complexity index is 454. The standard InChI is InChI=1S/C8H8FNO4S/c9-15(13,14)10-7-3-1-6(2-4-7)5-8(11)12/h1-4,10H,5H2,(H,11,12). The number of aliphatic carboxylic acids is 1. The second-order valence-electron chi connectivity index (χ2n) is 2.81. The van der Waals surface area contributed by atoms with Crippen LogP contribution < -0.4 is 4.72 Å². The maximum absolute atomic E-state index is 12.2. The predicted octanol–water partition coefficient (Wildman–Crippen LogP) is 0.940. The van der Waals surface area contributed by atoms with Crippen LogP contribution in [0.4, 0.5) is 9.57 Å². The molecule has 0 spiro atoms. The molecule has 0 atom stereocenters. The van der Waals surface area contributed by atoms with Crippen LogP contribution in [-0.4, -0.2) is 19.5 Å². The van der Waals surface area contributed by atoms with Crippen LogP contribution in [0.1, 0.15) is 5.56 Å². The van der Waals surface area contributed by atoms with Crippen molar-refractivity contribution in [1.29, 1.82) is 0 Å². The summed E-state index contributed by atoms with van der Waals surface area (Å²) >= 11 is 0. The van der Waals surface area contributed by atoms with Crippen molar-refractivity contribution in [1.82, 2.24) is 0 Å². The summed E-state index contributed by atoms with van der Waals surface area (Å²) in [6.45, 7) is 0. The molecule has 1 aromatic rings. The van der Waals surface area contributed by atoms with Gasteiger partial charge in [0, 0.05) is 0 Å². The lowest BCUT2D eigenvalue weighted by Gasteiger charge is -2.01. The van der Waals surface area contributed by atoms with Crippen molar-refractivity contribution in [3.8, 4) is 0 Å². The third-order valence-corrected chi connectivity index (χ3v) is 2.03. The number of carboxylic acids is 1. The minimum Gasteiger partial charge on any atom is -0.481 e. The summed E-state index contributed by atoms with van der Waals surface area (Å²) in [5, 5.41) is 8.45. The fraction of sp³-hybridized carbons (Fsp3) is 0.125. The van der Waals surface area contributed by atoms with Crippen LogP contribution in [0.5, 0.6) is 0 Å². The number of hydrogen-bond donors (Lipinski definition) is 2. The molecule has 0 radical (unpaired) electrons. The number of hydrogen-bond acceptors (Lipinski definition) is 3. The minimum atomic E-state index is -4.78. The molecular formula is C8H8FNO4S. The number of rotatable bonds is 4. The molecule has 0 aromatic heterocycles. The highest BCUT2D eigenvalue weighted by molar-refractivity contribution is 7.87. The van der Waals surface area contributed by atoms with E-state index in [1.54, 1.807) is 4.72 Å². The number of benzene rings is 1. The van der Waals surface area contributed by atoms with E-state index >= 15 is 0 Å². The van der Waals surface area contributed by atoms with Gasteiger partial charge in [-0.2, -0.15) is 8.42 Å². The van der Waals surface area contributed by atoms with Crippen molar-refractivity contribution in [2.75, 3.05) is 4.72 Å². The minimum absolute atomic E-state index is 0.0478. The summed E-state index contributed by atoms with van der Waals surface area (Å²) in [6, 6.07) is 5.38. The molecule has 0 saturated heterocycles. The average molecular weight is 233 g/mol. The van der Waals surface area contributed by atoms with Gasteiger partial charge in [0.25, 0.3) is 0 Å². The largest absolute Gasteiger partial charge is 0.481 e. The van der Waals surface area contributed by atoms with Crippen LogP contribution in [0.2, 0.25) is 0 Å². The SMILES string of the molecule is O=C(O)Cc1ccc(NS(=O)(=O)F)cc1. The first-order valence-electron chi connectivity index (χ1n) is 3.90. The number of halogens is 1. The van der Waals surface area contributed by atoms with Gasteiger partial charge >= 0.3 is 16.4 Å². The fourth-order valence-corrected chi connectivity index (χ4v) is 1.42. The van der Waals surface area contributed by atoms with E-state index in [0.29, 0.717) is 5.56 Å². The Labute approximate surface area is 85.9 Å². The molecule has 0 aliphatic carbocycles. The van der Waals surface area contributed by atoms with Gasteiger partial charge in [0.15, 0.2) is 0 Å². The van der Waals surface area contributed by atoms with Gasteiger partial charge in [-0.05, 0) is 17.7 Å². The second kappa shape index (κ2) is 4.26. The highest BCUT2D eigenvalue weighted by Crippen LogP contribution is 2.12. The Morgan fingerprint density at radius 2 is 1.87 bits per heavy atom. The highest BCUT2D eigenvalue weighted by Gasteiger charge is 2.06. The average Bonchev–Trinajstić information content (AvgIpc) is 2.05. The monoisotopic (exact) mass is 233 g/mol. The fourth-order valence-electron chi connectivity index (χ4n) is 1.01. The Kier molecular flexibility index (Phi) is 3.25. The Morgan fingerprint density at radius 3 is 2.27 bits per heavy atom. The Hall–Kier alpha value is -1.63. The van der Waals surface area contributed by atoms with Gasteiger partial charge in [-0.15, -0.1) is 0 Å². The van der Waals surface area contributed by atoms with E-state index in [-0.39, 0.29) is 12.1 Å². The van der Waals surface area contributed by atoms with E-state index in [1.165, 1.54) is 24.3 Å². The number of nitrogens with one attached hydrogen (secondary N) is 1. The lowest BCUT2D eigenvalue weighted by Crippen LogP contribution is -2.05. The number of carbonyl (C=O) groups is 1. The van der Waals surface area contributed by atoms with E-state index in [9.17, 15) is 17.1 Å². The Balaban J connectivity index is 2.77. The van der Waals surface area contributed by atoms with Crippen molar-refractivity contribution in [2.24, 2.45) is 0 Å².